The molecule has 0 radical (unpaired) electrons. The van der Waals surface area contributed by atoms with Crippen LogP contribution < -0.4 is 15.5 Å². The van der Waals surface area contributed by atoms with Crippen LogP contribution in [0.4, 0.5) is 11.8 Å². The fourth-order valence-electron chi connectivity index (χ4n) is 3.27. The standard InChI is InChI=1S/C16H27N5O3S/c1-12-10-24-8-7-21(12)15-9-14(11-25(2,22)23)18-16(19-15)20-5-3-13(17)4-6-20/h9,12-13H,3-8,10-11,17H2,1-2H3. The van der Waals surface area contributed by atoms with Crippen LogP contribution in [0.1, 0.15) is 25.5 Å². The van der Waals surface area contributed by atoms with Gasteiger partial charge in [0.05, 0.1) is 30.7 Å². The van der Waals surface area contributed by atoms with Gasteiger partial charge in [0, 0.05) is 38.0 Å². The van der Waals surface area contributed by atoms with Gasteiger partial charge in [-0.05, 0) is 19.8 Å². The highest BCUT2D eigenvalue weighted by molar-refractivity contribution is 7.89. The van der Waals surface area contributed by atoms with Crippen LogP contribution in [0.15, 0.2) is 6.07 Å². The molecule has 8 nitrogen and oxygen atoms in total. The molecule has 2 fully saturated rings. The van der Waals surface area contributed by atoms with Crippen molar-refractivity contribution in [3.8, 4) is 0 Å². The summed E-state index contributed by atoms with van der Waals surface area (Å²) in [5.74, 6) is 1.29. The van der Waals surface area contributed by atoms with Crippen LogP contribution in [0.3, 0.4) is 0 Å². The van der Waals surface area contributed by atoms with E-state index in [1.54, 1.807) is 6.07 Å². The minimum atomic E-state index is -3.17. The minimum Gasteiger partial charge on any atom is -0.377 e. The fourth-order valence-corrected chi connectivity index (χ4v) is 3.95. The maximum absolute atomic E-state index is 11.8. The Balaban J connectivity index is 1.93. The number of anilines is 2. The normalized spacial score (nSPS) is 23.1. The van der Waals surface area contributed by atoms with Gasteiger partial charge in [0.15, 0.2) is 9.84 Å². The van der Waals surface area contributed by atoms with E-state index in [9.17, 15) is 8.42 Å². The molecule has 1 aromatic rings. The Morgan fingerprint density at radius 2 is 2.00 bits per heavy atom. The van der Waals surface area contributed by atoms with Gasteiger partial charge < -0.3 is 20.3 Å². The highest BCUT2D eigenvalue weighted by Gasteiger charge is 2.25. The number of morpholine rings is 1. The zero-order valence-corrected chi connectivity index (χ0v) is 15.7. The number of piperidine rings is 1. The maximum atomic E-state index is 11.8. The van der Waals surface area contributed by atoms with Crippen LogP contribution in [-0.2, 0) is 20.3 Å². The molecule has 0 amide bonds. The molecule has 2 saturated heterocycles. The van der Waals surface area contributed by atoms with Crippen molar-refractivity contribution < 1.29 is 13.2 Å². The first kappa shape index (κ1) is 18.3. The second-order valence-electron chi connectivity index (χ2n) is 7.03. The predicted octanol–water partition coefficient (Wildman–Crippen LogP) is 0.174. The first-order valence-electron chi connectivity index (χ1n) is 8.72. The summed E-state index contributed by atoms with van der Waals surface area (Å²) in [6.07, 6.45) is 3.01. The highest BCUT2D eigenvalue weighted by Crippen LogP contribution is 2.24. The average Bonchev–Trinajstić information content (AvgIpc) is 2.54. The van der Waals surface area contributed by atoms with Gasteiger partial charge in [-0.3, -0.25) is 0 Å². The van der Waals surface area contributed by atoms with Crippen molar-refractivity contribution in [1.29, 1.82) is 0 Å². The molecule has 3 rings (SSSR count). The molecule has 1 aromatic heterocycles. The number of ether oxygens (including phenoxy) is 1. The molecule has 0 saturated carbocycles. The number of nitrogens with zero attached hydrogens (tertiary/aromatic N) is 4. The molecule has 2 N–H and O–H groups in total. The molecular formula is C16H27N5O3S. The lowest BCUT2D eigenvalue weighted by Gasteiger charge is -2.35. The molecule has 1 atom stereocenters. The molecule has 25 heavy (non-hydrogen) atoms. The van der Waals surface area contributed by atoms with Crippen LogP contribution in [0.25, 0.3) is 0 Å². The van der Waals surface area contributed by atoms with Crippen molar-refractivity contribution >= 4 is 21.6 Å². The SMILES string of the molecule is CC1COCCN1c1cc(CS(C)(=O)=O)nc(N2CCC(N)CC2)n1. The Kier molecular flexibility index (Phi) is 5.45. The monoisotopic (exact) mass is 369 g/mol. The van der Waals surface area contributed by atoms with Crippen LogP contribution >= 0.6 is 0 Å². The van der Waals surface area contributed by atoms with Crippen LogP contribution in [0.5, 0.6) is 0 Å². The minimum absolute atomic E-state index is 0.0818. The molecule has 0 bridgehead atoms. The van der Waals surface area contributed by atoms with E-state index in [4.69, 9.17) is 15.5 Å². The predicted molar refractivity (Wildman–Crippen MR) is 97.6 cm³/mol. The van der Waals surface area contributed by atoms with Gasteiger partial charge in [0.1, 0.15) is 5.82 Å². The van der Waals surface area contributed by atoms with Gasteiger partial charge in [-0.2, -0.15) is 4.98 Å². The van der Waals surface area contributed by atoms with Crippen molar-refractivity contribution in [1.82, 2.24) is 9.97 Å². The Morgan fingerprint density at radius 1 is 1.28 bits per heavy atom. The van der Waals surface area contributed by atoms with E-state index in [1.165, 1.54) is 6.26 Å². The van der Waals surface area contributed by atoms with E-state index in [-0.39, 0.29) is 17.8 Å². The van der Waals surface area contributed by atoms with Crippen molar-refractivity contribution in [2.24, 2.45) is 5.73 Å². The van der Waals surface area contributed by atoms with Gasteiger partial charge in [-0.25, -0.2) is 13.4 Å². The third-order valence-electron chi connectivity index (χ3n) is 4.65. The first-order valence-corrected chi connectivity index (χ1v) is 10.8. The van der Waals surface area contributed by atoms with Gasteiger partial charge in [-0.1, -0.05) is 0 Å². The second-order valence-corrected chi connectivity index (χ2v) is 9.17. The summed E-state index contributed by atoms with van der Waals surface area (Å²) in [4.78, 5) is 13.5. The van der Waals surface area contributed by atoms with Gasteiger partial charge in [0.25, 0.3) is 0 Å². The Labute approximate surface area is 149 Å². The van der Waals surface area contributed by atoms with Crippen molar-refractivity contribution in [2.45, 2.75) is 37.6 Å². The molecule has 1 unspecified atom stereocenters. The van der Waals surface area contributed by atoms with E-state index >= 15 is 0 Å². The first-order chi connectivity index (χ1) is 11.8. The summed E-state index contributed by atoms with van der Waals surface area (Å²) in [5.41, 5.74) is 6.52. The molecule has 140 valence electrons. The zero-order chi connectivity index (χ0) is 18.0. The largest absolute Gasteiger partial charge is 0.377 e. The molecule has 0 aliphatic carbocycles. The lowest BCUT2D eigenvalue weighted by atomic mass is 10.1. The molecule has 2 aliphatic rings. The number of sulfone groups is 1. The summed E-state index contributed by atoms with van der Waals surface area (Å²) >= 11 is 0. The third-order valence-corrected chi connectivity index (χ3v) is 5.47. The van der Waals surface area contributed by atoms with Crippen molar-refractivity contribution in [2.75, 3.05) is 48.9 Å². The number of aromatic nitrogens is 2. The molecular weight excluding hydrogens is 342 g/mol. The smallest absolute Gasteiger partial charge is 0.227 e. The van der Waals surface area contributed by atoms with Crippen LogP contribution in [-0.4, -0.2) is 69.6 Å². The Hall–Kier alpha value is -1.45. The highest BCUT2D eigenvalue weighted by atomic mass is 32.2. The molecule has 0 aromatic carbocycles. The number of rotatable bonds is 4. The Morgan fingerprint density at radius 3 is 2.64 bits per heavy atom. The Bertz CT molecular complexity index is 704. The van der Waals surface area contributed by atoms with E-state index in [0.717, 1.165) is 38.3 Å². The van der Waals surface area contributed by atoms with Crippen LogP contribution in [0, 0.1) is 0 Å². The average molecular weight is 369 g/mol. The lowest BCUT2D eigenvalue weighted by molar-refractivity contribution is 0.0985. The van der Waals surface area contributed by atoms with E-state index < -0.39 is 9.84 Å². The topological polar surface area (TPSA) is 102 Å². The molecule has 3 heterocycles. The second kappa shape index (κ2) is 7.43. The summed E-state index contributed by atoms with van der Waals surface area (Å²) < 4.78 is 29.0. The zero-order valence-electron chi connectivity index (χ0n) is 14.9. The maximum Gasteiger partial charge on any atom is 0.227 e. The van der Waals surface area contributed by atoms with Gasteiger partial charge in [-0.15, -0.1) is 0 Å². The number of nitrogens with two attached hydrogens (primary N) is 1. The third kappa shape index (κ3) is 4.80. The van der Waals surface area contributed by atoms with E-state index in [0.29, 0.717) is 24.9 Å². The number of hydrogen-bond donors (Lipinski definition) is 1. The summed E-state index contributed by atoms with van der Waals surface area (Å²) in [5, 5.41) is 0. The van der Waals surface area contributed by atoms with E-state index in [2.05, 4.69) is 21.7 Å². The lowest BCUT2D eigenvalue weighted by Crippen LogP contribution is -2.45. The van der Waals surface area contributed by atoms with Crippen molar-refractivity contribution in [3.63, 3.8) is 0 Å². The molecule has 2 aliphatic heterocycles. The summed E-state index contributed by atoms with van der Waals surface area (Å²) in [6, 6.07) is 2.20. The van der Waals surface area contributed by atoms with Crippen LogP contribution in [0.2, 0.25) is 0 Å². The molecule has 9 heteroatoms. The summed E-state index contributed by atoms with van der Waals surface area (Å²) in [6.45, 7) is 5.68. The quantitative estimate of drug-likeness (QED) is 0.802. The van der Waals surface area contributed by atoms with E-state index in [1.807, 2.05) is 0 Å². The van der Waals surface area contributed by atoms with Gasteiger partial charge in [0.2, 0.25) is 5.95 Å². The van der Waals surface area contributed by atoms with Crippen molar-refractivity contribution in [3.05, 3.63) is 11.8 Å². The number of hydrogen-bond acceptors (Lipinski definition) is 8. The molecule has 0 spiro atoms. The fraction of sp³-hybridized carbons (Fsp3) is 0.750. The summed E-state index contributed by atoms with van der Waals surface area (Å²) in [7, 11) is -3.17. The van der Waals surface area contributed by atoms with Gasteiger partial charge >= 0.3 is 0 Å².